The second-order valence-electron chi connectivity index (χ2n) is 7.48. The zero-order valence-corrected chi connectivity index (χ0v) is 18.9. The van der Waals surface area contributed by atoms with Crippen LogP contribution in [0.5, 0.6) is 11.5 Å². The molecule has 2 aromatic carbocycles. The third kappa shape index (κ3) is 5.25. The third-order valence-electron chi connectivity index (χ3n) is 5.26. The van der Waals surface area contributed by atoms with Crippen LogP contribution in [0.1, 0.15) is 22.5 Å². The lowest BCUT2D eigenvalue weighted by molar-refractivity contribution is 0.414. The maximum atomic E-state index is 13.5. The second kappa shape index (κ2) is 10.4. The van der Waals surface area contributed by atoms with Crippen molar-refractivity contribution < 1.29 is 9.47 Å². The molecular weight excluding hydrogens is 430 g/mol. The highest BCUT2D eigenvalue weighted by atomic mass is 16.5. The summed E-state index contributed by atoms with van der Waals surface area (Å²) >= 11 is 0. The molecule has 0 fully saturated rings. The van der Waals surface area contributed by atoms with Crippen molar-refractivity contribution >= 4 is 0 Å². The Labute approximate surface area is 196 Å². The first kappa shape index (κ1) is 22.6. The molecular formula is C27H23N3O4. The summed E-state index contributed by atoms with van der Waals surface area (Å²) in [6.45, 7) is 0.385. The largest absolute Gasteiger partial charge is 0.497 e. The number of ether oxygens (including phenoxy) is 2. The highest BCUT2D eigenvalue weighted by Crippen LogP contribution is 2.13. The summed E-state index contributed by atoms with van der Waals surface area (Å²) in [5, 5.41) is 0. The Hall–Kier alpha value is -4.57. The fourth-order valence-corrected chi connectivity index (χ4v) is 3.41. The molecule has 2 heterocycles. The van der Waals surface area contributed by atoms with Crippen molar-refractivity contribution in [1.29, 1.82) is 0 Å². The van der Waals surface area contributed by atoms with Crippen molar-refractivity contribution in [2.75, 3.05) is 14.2 Å². The second-order valence-corrected chi connectivity index (χ2v) is 7.48. The maximum absolute atomic E-state index is 13.5. The first-order valence-electron chi connectivity index (χ1n) is 10.6. The molecule has 0 amide bonds. The molecule has 2 aromatic heterocycles. The summed E-state index contributed by atoms with van der Waals surface area (Å²) in [6.07, 6.45) is 1.64. The van der Waals surface area contributed by atoms with Crippen LogP contribution in [0, 0.1) is 11.8 Å². The van der Waals surface area contributed by atoms with E-state index in [-0.39, 0.29) is 13.1 Å². The fourth-order valence-electron chi connectivity index (χ4n) is 3.41. The van der Waals surface area contributed by atoms with Crippen LogP contribution < -0.4 is 20.7 Å². The number of nitrogens with zero attached hydrogens (tertiary/aromatic N) is 3. The van der Waals surface area contributed by atoms with Crippen molar-refractivity contribution in [2.45, 2.75) is 13.1 Å². The van der Waals surface area contributed by atoms with Gasteiger partial charge in [-0.25, -0.2) is 9.78 Å². The molecule has 0 spiro atoms. The van der Waals surface area contributed by atoms with Gasteiger partial charge in [0.05, 0.1) is 27.3 Å². The number of aromatic nitrogens is 3. The van der Waals surface area contributed by atoms with E-state index in [1.165, 1.54) is 15.2 Å². The molecule has 0 bridgehead atoms. The zero-order valence-electron chi connectivity index (χ0n) is 18.9. The lowest BCUT2D eigenvalue weighted by atomic mass is 10.2. The molecule has 0 saturated carbocycles. The molecule has 0 atom stereocenters. The highest BCUT2D eigenvalue weighted by Gasteiger charge is 2.12. The maximum Gasteiger partial charge on any atom is 0.332 e. The Bertz CT molecular complexity index is 1440. The molecule has 0 radical (unpaired) electrons. The minimum Gasteiger partial charge on any atom is -0.497 e. The number of rotatable bonds is 6. The number of pyridine rings is 1. The summed E-state index contributed by atoms with van der Waals surface area (Å²) in [5.41, 5.74) is 1.69. The Morgan fingerprint density at radius 2 is 1.35 bits per heavy atom. The summed E-state index contributed by atoms with van der Waals surface area (Å²) in [6, 6.07) is 21.4. The van der Waals surface area contributed by atoms with Crippen LogP contribution in [0.3, 0.4) is 0 Å². The van der Waals surface area contributed by atoms with Gasteiger partial charge in [0, 0.05) is 12.3 Å². The van der Waals surface area contributed by atoms with Gasteiger partial charge in [-0.3, -0.25) is 13.9 Å². The normalized spacial score (nSPS) is 10.3. The van der Waals surface area contributed by atoms with Gasteiger partial charge in [0.1, 0.15) is 22.9 Å². The van der Waals surface area contributed by atoms with E-state index in [1.54, 1.807) is 44.7 Å². The average Bonchev–Trinajstić information content (AvgIpc) is 2.88. The van der Waals surface area contributed by atoms with Crippen molar-refractivity contribution in [3.8, 4) is 23.3 Å². The Balaban J connectivity index is 1.77. The molecule has 4 aromatic rings. The Morgan fingerprint density at radius 3 is 1.88 bits per heavy atom. The van der Waals surface area contributed by atoms with Gasteiger partial charge in [-0.2, -0.15) is 0 Å². The first-order valence-corrected chi connectivity index (χ1v) is 10.6. The van der Waals surface area contributed by atoms with Crippen molar-refractivity contribution in [2.24, 2.45) is 0 Å². The van der Waals surface area contributed by atoms with E-state index < -0.39 is 11.2 Å². The van der Waals surface area contributed by atoms with Crippen LogP contribution >= 0.6 is 0 Å². The van der Waals surface area contributed by atoms with Gasteiger partial charge in [0.2, 0.25) is 0 Å². The molecule has 7 heteroatoms. The number of methoxy groups -OCH3 is 2. The van der Waals surface area contributed by atoms with Crippen LogP contribution in [-0.2, 0) is 13.1 Å². The highest BCUT2D eigenvalue weighted by molar-refractivity contribution is 5.37. The molecule has 0 aliphatic rings. The Morgan fingerprint density at radius 1 is 0.765 bits per heavy atom. The molecule has 170 valence electrons. The topological polar surface area (TPSA) is 75.3 Å². The number of hydrogen-bond donors (Lipinski definition) is 0. The summed E-state index contributed by atoms with van der Waals surface area (Å²) in [7, 11) is 3.18. The standard InChI is InChI=1S/C27H23N3O4/c1-33-24-12-6-20(7-13-24)18-29-23(11-10-22-5-3-4-16-28-22)17-26(31)30(27(29)32)19-21-8-14-25(34-2)15-9-21/h3-9,12-17H,18-19H2,1-2H3. The predicted octanol–water partition coefficient (Wildman–Crippen LogP) is 2.92. The smallest absolute Gasteiger partial charge is 0.332 e. The third-order valence-corrected chi connectivity index (χ3v) is 5.26. The quantitative estimate of drug-likeness (QED) is 0.420. The van der Waals surface area contributed by atoms with Gasteiger partial charge in [-0.1, -0.05) is 30.3 Å². The van der Waals surface area contributed by atoms with Gasteiger partial charge in [-0.05, 0) is 59.4 Å². The van der Waals surface area contributed by atoms with E-state index >= 15 is 0 Å². The minimum atomic E-state index is -0.440. The summed E-state index contributed by atoms with van der Waals surface area (Å²) < 4.78 is 13.1. The summed E-state index contributed by atoms with van der Waals surface area (Å²) in [4.78, 5) is 30.6. The molecule has 0 unspecified atom stereocenters. The average molecular weight is 453 g/mol. The van der Waals surface area contributed by atoms with E-state index in [1.807, 2.05) is 42.5 Å². The zero-order chi connectivity index (χ0) is 23.9. The lowest BCUT2D eigenvalue weighted by Crippen LogP contribution is -2.41. The van der Waals surface area contributed by atoms with Crippen LogP contribution in [0.25, 0.3) is 0 Å². The SMILES string of the molecule is COc1ccc(Cn2c(C#Cc3ccccn3)cc(=O)n(Cc3ccc(OC)cc3)c2=O)cc1. The molecule has 0 aliphatic carbocycles. The van der Waals surface area contributed by atoms with E-state index in [4.69, 9.17) is 9.47 Å². The van der Waals surface area contributed by atoms with Gasteiger partial charge in [0.15, 0.2) is 0 Å². The summed E-state index contributed by atoms with van der Waals surface area (Å²) in [5.74, 6) is 7.32. The van der Waals surface area contributed by atoms with Gasteiger partial charge in [-0.15, -0.1) is 0 Å². The number of benzene rings is 2. The van der Waals surface area contributed by atoms with Crippen molar-refractivity contribution in [3.63, 3.8) is 0 Å². The van der Waals surface area contributed by atoms with E-state index in [0.717, 1.165) is 16.9 Å². The van der Waals surface area contributed by atoms with E-state index in [2.05, 4.69) is 16.8 Å². The van der Waals surface area contributed by atoms with Gasteiger partial charge < -0.3 is 9.47 Å². The molecule has 0 N–H and O–H groups in total. The van der Waals surface area contributed by atoms with Crippen LogP contribution in [0.2, 0.25) is 0 Å². The van der Waals surface area contributed by atoms with Crippen molar-refractivity contribution in [3.05, 3.63) is 122 Å². The molecule has 7 nitrogen and oxygen atoms in total. The fraction of sp³-hybridized carbons (Fsp3) is 0.148. The van der Waals surface area contributed by atoms with E-state index in [0.29, 0.717) is 17.1 Å². The van der Waals surface area contributed by atoms with Crippen LogP contribution in [-0.4, -0.2) is 28.3 Å². The predicted molar refractivity (Wildman–Crippen MR) is 129 cm³/mol. The van der Waals surface area contributed by atoms with Gasteiger partial charge >= 0.3 is 5.69 Å². The number of hydrogen-bond acceptors (Lipinski definition) is 5. The minimum absolute atomic E-state index is 0.137. The Kier molecular flexibility index (Phi) is 6.89. The van der Waals surface area contributed by atoms with Crippen LogP contribution in [0.4, 0.5) is 0 Å². The lowest BCUT2D eigenvalue weighted by Gasteiger charge is -2.13. The van der Waals surface area contributed by atoms with Crippen molar-refractivity contribution in [1.82, 2.24) is 14.1 Å². The van der Waals surface area contributed by atoms with E-state index in [9.17, 15) is 9.59 Å². The molecule has 0 aliphatic heterocycles. The molecule has 4 rings (SSSR count). The first-order chi connectivity index (χ1) is 16.6. The van der Waals surface area contributed by atoms with Crippen LogP contribution in [0.15, 0.2) is 88.6 Å². The van der Waals surface area contributed by atoms with Gasteiger partial charge in [0.25, 0.3) is 5.56 Å². The molecule has 34 heavy (non-hydrogen) atoms. The molecule has 0 saturated heterocycles. The monoisotopic (exact) mass is 453 g/mol.